The maximum Gasteiger partial charge on any atom is 0.309 e. The second kappa shape index (κ2) is 4.58. The Morgan fingerprint density at radius 1 is 1.55 bits per heavy atom. The normalized spacial score (nSPS) is 19.2. The van der Waals surface area contributed by atoms with Gasteiger partial charge in [0, 0.05) is 16.8 Å². The third kappa shape index (κ3) is 2.35. The molecule has 1 aliphatic rings. The van der Waals surface area contributed by atoms with E-state index in [4.69, 9.17) is 5.11 Å². The molecule has 0 radical (unpaired) electrons. The molecule has 2 aromatic heterocycles. The van der Waals surface area contributed by atoms with E-state index in [-0.39, 0.29) is 6.42 Å². The largest absolute Gasteiger partial charge is 0.481 e. The van der Waals surface area contributed by atoms with Crippen molar-refractivity contribution in [2.24, 2.45) is 11.3 Å². The van der Waals surface area contributed by atoms with Crippen LogP contribution < -0.4 is 0 Å². The van der Waals surface area contributed by atoms with Gasteiger partial charge < -0.3 is 5.11 Å². The van der Waals surface area contributed by atoms with Crippen LogP contribution in [0.3, 0.4) is 0 Å². The Hall–Kier alpha value is -1.36. The van der Waals surface area contributed by atoms with Crippen LogP contribution in [0.15, 0.2) is 6.20 Å². The Morgan fingerprint density at radius 2 is 2.30 bits per heavy atom. The molecule has 20 heavy (non-hydrogen) atoms. The first kappa shape index (κ1) is 13.6. The minimum atomic E-state index is -0.822. The molecule has 0 aliphatic heterocycles. The van der Waals surface area contributed by atoms with E-state index in [1.54, 1.807) is 11.3 Å². The maximum atomic E-state index is 10.8. The molecule has 1 unspecified atom stereocenters. The van der Waals surface area contributed by atoms with Gasteiger partial charge in [-0.25, -0.2) is 4.98 Å². The van der Waals surface area contributed by atoms with E-state index in [2.05, 4.69) is 30.2 Å². The van der Waals surface area contributed by atoms with Gasteiger partial charge in [0.15, 0.2) is 4.96 Å². The van der Waals surface area contributed by atoms with Crippen molar-refractivity contribution in [2.45, 2.75) is 46.5 Å². The van der Waals surface area contributed by atoms with E-state index in [0.29, 0.717) is 11.1 Å². The van der Waals surface area contributed by atoms with Gasteiger partial charge in [-0.2, -0.15) is 0 Å². The van der Waals surface area contributed by atoms with Gasteiger partial charge in [-0.15, -0.1) is 11.3 Å². The van der Waals surface area contributed by atoms with Crippen LogP contribution in [0.4, 0.5) is 0 Å². The van der Waals surface area contributed by atoms with Crippen LogP contribution in [0.2, 0.25) is 0 Å². The highest BCUT2D eigenvalue weighted by Gasteiger charge is 2.31. The zero-order valence-electron chi connectivity index (χ0n) is 12.1. The SMILES string of the molecule is CC(C)(C)C1CCc2c(sc3nc(CC(=O)O)cn23)C1. The van der Waals surface area contributed by atoms with Crippen molar-refractivity contribution < 1.29 is 9.90 Å². The number of aromatic nitrogens is 2. The summed E-state index contributed by atoms with van der Waals surface area (Å²) in [6, 6.07) is 0. The zero-order valence-corrected chi connectivity index (χ0v) is 13.0. The predicted octanol–water partition coefficient (Wildman–Crippen LogP) is 3.17. The van der Waals surface area contributed by atoms with Crippen LogP contribution >= 0.6 is 11.3 Å². The molecule has 5 heteroatoms. The van der Waals surface area contributed by atoms with E-state index < -0.39 is 5.97 Å². The Kier molecular flexibility index (Phi) is 3.12. The van der Waals surface area contributed by atoms with E-state index >= 15 is 0 Å². The number of fused-ring (bicyclic) bond motifs is 3. The molecule has 0 spiro atoms. The Labute approximate surface area is 122 Å². The Balaban J connectivity index is 1.92. The quantitative estimate of drug-likeness (QED) is 0.925. The number of aryl methyl sites for hydroxylation is 1. The summed E-state index contributed by atoms with van der Waals surface area (Å²) in [5.41, 5.74) is 2.34. The molecule has 2 aromatic rings. The number of carbonyl (C=O) groups is 1. The first-order valence-electron chi connectivity index (χ1n) is 7.05. The van der Waals surface area contributed by atoms with Crippen LogP contribution in [-0.2, 0) is 24.1 Å². The molecule has 3 rings (SSSR count). The van der Waals surface area contributed by atoms with Crippen molar-refractivity contribution in [1.29, 1.82) is 0 Å². The van der Waals surface area contributed by atoms with E-state index in [9.17, 15) is 4.79 Å². The molecule has 108 valence electrons. The van der Waals surface area contributed by atoms with Crippen LogP contribution in [0.5, 0.6) is 0 Å². The fourth-order valence-electron chi connectivity index (χ4n) is 3.01. The highest BCUT2D eigenvalue weighted by atomic mass is 32.1. The van der Waals surface area contributed by atoms with E-state index in [1.807, 2.05) is 6.20 Å². The minimum absolute atomic E-state index is 0.00773. The molecule has 0 fully saturated rings. The summed E-state index contributed by atoms with van der Waals surface area (Å²) < 4.78 is 2.11. The van der Waals surface area contributed by atoms with Crippen molar-refractivity contribution in [3.05, 3.63) is 22.5 Å². The molecule has 1 atom stereocenters. The van der Waals surface area contributed by atoms with Gasteiger partial charge in [0.25, 0.3) is 0 Å². The highest BCUT2D eigenvalue weighted by molar-refractivity contribution is 7.17. The van der Waals surface area contributed by atoms with Gasteiger partial charge in [0.1, 0.15) is 0 Å². The van der Waals surface area contributed by atoms with Crippen LogP contribution in [0.25, 0.3) is 4.96 Å². The number of carboxylic acid groups (broad SMARTS) is 1. The molecular weight excluding hydrogens is 272 g/mol. The first-order chi connectivity index (χ1) is 9.34. The fourth-order valence-corrected chi connectivity index (χ4v) is 4.26. The second-order valence-electron chi connectivity index (χ2n) is 6.73. The number of carboxylic acids is 1. The Bertz CT molecular complexity index is 663. The zero-order chi connectivity index (χ0) is 14.5. The average Bonchev–Trinajstić information content (AvgIpc) is 2.82. The summed E-state index contributed by atoms with van der Waals surface area (Å²) in [5, 5.41) is 8.85. The topological polar surface area (TPSA) is 54.6 Å². The van der Waals surface area contributed by atoms with Crippen LogP contribution in [0, 0.1) is 11.3 Å². The lowest BCUT2D eigenvalue weighted by Gasteiger charge is -2.33. The molecule has 2 heterocycles. The number of rotatable bonds is 2. The summed E-state index contributed by atoms with van der Waals surface area (Å²) in [4.78, 5) is 17.6. The van der Waals surface area contributed by atoms with Crippen molar-refractivity contribution >= 4 is 22.3 Å². The standard InChI is InChI=1S/C15H20N2O2S/c1-15(2,3)9-4-5-11-12(6-9)20-14-16-10(7-13(18)19)8-17(11)14/h8-9H,4-7H2,1-3H3,(H,18,19). The van der Waals surface area contributed by atoms with Crippen molar-refractivity contribution in [3.8, 4) is 0 Å². The van der Waals surface area contributed by atoms with E-state index in [1.165, 1.54) is 17.0 Å². The van der Waals surface area contributed by atoms with E-state index in [0.717, 1.165) is 23.7 Å². The number of hydrogen-bond donors (Lipinski definition) is 1. The van der Waals surface area contributed by atoms with Gasteiger partial charge >= 0.3 is 5.97 Å². The van der Waals surface area contributed by atoms with Crippen molar-refractivity contribution in [3.63, 3.8) is 0 Å². The van der Waals surface area contributed by atoms with Gasteiger partial charge in [-0.05, 0) is 30.6 Å². The average molecular weight is 292 g/mol. The molecule has 0 bridgehead atoms. The summed E-state index contributed by atoms with van der Waals surface area (Å²) >= 11 is 1.73. The van der Waals surface area contributed by atoms with Gasteiger partial charge in [-0.1, -0.05) is 20.8 Å². The molecule has 1 N–H and O–H groups in total. The summed E-state index contributed by atoms with van der Waals surface area (Å²) in [6.45, 7) is 6.94. The summed E-state index contributed by atoms with van der Waals surface area (Å²) in [7, 11) is 0. The smallest absolute Gasteiger partial charge is 0.309 e. The lowest BCUT2D eigenvalue weighted by atomic mass is 9.73. The van der Waals surface area contributed by atoms with Gasteiger partial charge in [-0.3, -0.25) is 9.20 Å². The highest BCUT2D eigenvalue weighted by Crippen LogP contribution is 2.40. The monoisotopic (exact) mass is 292 g/mol. The molecule has 1 aliphatic carbocycles. The number of nitrogens with zero attached hydrogens (tertiary/aromatic N) is 2. The third-order valence-corrected chi connectivity index (χ3v) is 5.39. The Morgan fingerprint density at radius 3 is 2.95 bits per heavy atom. The predicted molar refractivity (Wildman–Crippen MR) is 79.4 cm³/mol. The number of aliphatic carboxylic acids is 1. The first-order valence-corrected chi connectivity index (χ1v) is 7.86. The molecule has 4 nitrogen and oxygen atoms in total. The summed E-state index contributed by atoms with van der Waals surface area (Å²) in [6.07, 6.45) is 5.31. The molecular formula is C15H20N2O2S. The third-order valence-electron chi connectivity index (χ3n) is 4.27. The lowest BCUT2D eigenvalue weighted by molar-refractivity contribution is -0.136. The van der Waals surface area contributed by atoms with Gasteiger partial charge in [0.05, 0.1) is 12.1 Å². The number of hydrogen-bond acceptors (Lipinski definition) is 3. The molecule has 0 amide bonds. The number of imidazole rings is 1. The molecule has 0 saturated heterocycles. The lowest BCUT2D eigenvalue weighted by Crippen LogP contribution is -2.26. The van der Waals surface area contributed by atoms with Crippen LogP contribution in [0.1, 0.15) is 43.5 Å². The van der Waals surface area contributed by atoms with Crippen LogP contribution in [-0.4, -0.2) is 20.5 Å². The summed E-state index contributed by atoms with van der Waals surface area (Å²) in [5.74, 6) is -0.103. The fraction of sp³-hybridized carbons (Fsp3) is 0.600. The molecule has 0 saturated carbocycles. The molecule has 0 aromatic carbocycles. The van der Waals surface area contributed by atoms with Crippen molar-refractivity contribution in [2.75, 3.05) is 0 Å². The minimum Gasteiger partial charge on any atom is -0.481 e. The second-order valence-corrected chi connectivity index (χ2v) is 7.80. The maximum absolute atomic E-state index is 10.8. The number of thiazole rings is 1. The van der Waals surface area contributed by atoms with Gasteiger partial charge in [0.2, 0.25) is 0 Å². The van der Waals surface area contributed by atoms with Crippen molar-refractivity contribution in [1.82, 2.24) is 9.38 Å².